The molecule has 0 aromatic heterocycles. The van der Waals surface area contributed by atoms with Gasteiger partial charge in [0, 0.05) is 14.0 Å². The van der Waals surface area contributed by atoms with Crippen LogP contribution in [0.1, 0.15) is 36.6 Å². The van der Waals surface area contributed by atoms with Crippen molar-refractivity contribution in [3.05, 3.63) is 0 Å². The van der Waals surface area contributed by atoms with Gasteiger partial charge in [0.25, 0.3) is 0 Å². The molecule has 0 fully saturated rings. The van der Waals surface area contributed by atoms with Crippen molar-refractivity contribution in [2.45, 2.75) is 36.6 Å². The van der Waals surface area contributed by atoms with E-state index in [1.165, 1.54) is 7.11 Å². The minimum Gasteiger partial charge on any atom is -0.433 e. The molecule has 0 radical (unpaired) electrons. The lowest BCUT2D eigenvalue weighted by molar-refractivity contribution is -0.160. The lowest BCUT2D eigenvalue weighted by atomic mass is 10.5. The average Bonchev–Trinajstić information content (AvgIpc) is 1.82. The fourth-order valence-electron chi connectivity index (χ4n) is 0.214. The highest BCUT2D eigenvalue weighted by Gasteiger charge is 2.06. The monoisotopic (exact) mass is 196 g/mol. The van der Waals surface area contributed by atoms with Gasteiger partial charge >= 0.3 is 5.97 Å². The predicted octanol–water partition coefficient (Wildman–Crippen LogP) is 2.27. The number of ether oxygens (including phenoxy) is 2. The summed E-state index contributed by atoms with van der Waals surface area (Å²) >= 11 is 0. The molecule has 0 N–H and O–H groups in total. The molecule has 0 heterocycles. The Labute approximate surface area is 82.2 Å². The molecule has 0 atom stereocenters. The van der Waals surface area contributed by atoms with Crippen LogP contribution in [0, 0.1) is 0 Å². The van der Waals surface area contributed by atoms with Crippen molar-refractivity contribution in [1.29, 1.82) is 0 Å². The molecule has 13 heavy (non-hydrogen) atoms. The van der Waals surface area contributed by atoms with Gasteiger partial charge in [-0.2, -0.15) is 0 Å². The van der Waals surface area contributed by atoms with Gasteiger partial charge in [0.2, 0.25) is 5.78 Å². The van der Waals surface area contributed by atoms with Crippen LogP contribution < -0.4 is 0 Å². The summed E-state index contributed by atoms with van der Waals surface area (Å²) in [6.45, 7) is 0.969. The van der Waals surface area contributed by atoms with E-state index in [1.807, 2.05) is 0 Å². The first-order valence-corrected chi connectivity index (χ1v) is 2.35. The number of hydrogen-bond donors (Lipinski definition) is 0. The first-order chi connectivity index (χ1) is 4.18. The van der Waals surface area contributed by atoms with Gasteiger partial charge in [-0.1, -0.05) is 29.7 Å². The highest BCUT2D eigenvalue weighted by atomic mass is 16.7. The quantitative estimate of drug-likeness (QED) is 0.395. The molecule has 0 saturated carbocycles. The van der Waals surface area contributed by atoms with Gasteiger partial charge in [0.1, 0.15) is 0 Å². The van der Waals surface area contributed by atoms with Gasteiger partial charge in [-0.3, -0.25) is 4.79 Å². The number of rotatable bonds is 3. The van der Waals surface area contributed by atoms with Crippen LogP contribution in [0.25, 0.3) is 0 Å². The number of hydrogen-bond acceptors (Lipinski definition) is 4. The Hall–Kier alpha value is -0.900. The Bertz CT molecular complexity index is 121. The number of ketones is 1. The zero-order valence-corrected chi connectivity index (χ0v) is 5.34. The molecule has 0 aromatic rings. The van der Waals surface area contributed by atoms with Crippen molar-refractivity contribution < 1.29 is 19.1 Å². The maximum absolute atomic E-state index is 10.2. The summed E-state index contributed by atoms with van der Waals surface area (Å²) in [5, 5.41) is 0. The van der Waals surface area contributed by atoms with E-state index in [0.29, 0.717) is 0 Å². The third-order valence-electron chi connectivity index (χ3n) is 0.595. The Morgan fingerprint density at radius 2 is 1.46 bits per heavy atom. The van der Waals surface area contributed by atoms with E-state index < -0.39 is 11.8 Å². The molecule has 0 unspecified atom stereocenters. The molecule has 0 amide bonds. The smallest absolute Gasteiger partial charge is 0.376 e. The number of methoxy groups -OCH3 is 1. The fourth-order valence-corrected chi connectivity index (χ4v) is 0.214. The van der Waals surface area contributed by atoms with Gasteiger partial charge in [-0.05, 0) is 0 Å². The van der Waals surface area contributed by atoms with Crippen LogP contribution in [0.4, 0.5) is 0 Å². The molecule has 0 saturated heterocycles. The number of carbonyl (C=O) groups is 2. The lowest BCUT2D eigenvalue weighted by Gasteiger charge is -1.97. The second-order valence-corrected chi connectivity index (χ2v) is 1.39. The predicted molar refractivity (Wildman–Crippen MR) is 55.6 cm³/mol. The number of Topliss-reactive ketones (excluding diaryl/α,β-unsaturated/α-hetero) is 1. The summed E-state index contributed by atoms with van der Waals surface area (Å²) in [4.78, 5) is 20.4. The number of esters is 1. The molecular weight excluding hydrogens is 172 g/mol. The van der Waals surface area contributed by atoms with Gasteiger partial charge in [0.15, 0.2) is 6.79 Å². The van der Waals surface area contributed by atoms with Crippen LogP contribution in [-0.2, 0) is 19.1 Å². The molecule has 0 spiro atoms. The molecule has 0 bridgehead atoms. The first kappa shape index (κ1) is 29.6. The van der Waals surface area contributed by atoms with Crippen LogP contribution in [0.2, 0.25) is 0 Å². The third kappa shape index (κ3) is 18.2. The van der Waals surface area contributed by atoms with E-state index in [2.05, 4.69) is 9.47 Å². The van der Waals surface area contributed by atoms with Crippen molar-refractivity contribution in [1.82, 2.24) is 0 Å². The van der Waals surface area contributed by atoms with Crippen LogP contribution in [-0.4, -0.2) is 25.7 Å². The molecule has 0 aliphatic carbocycles. The van der Waals surface area contributed by atoms with Crippen LogP contribution in [0.15, 0.2) is 0 Å². The van der Waals surface area contributed by atoms with Crippen LogP contribution in [0.5, 0.6) is 0 Å². The maximum Gasteiger partial charge on any atom is 0.376 e. The molecular formula is C9H24O4. The summed E-state index contributed by atoms with van der Waals surface area (Å²) in [6.07, 6.45) is 0. The number of carbonyl (C=O) groups excluding carboxylic acids is 2. The summed E-state index contributed by atoms with van der Waals surface area (Å²) in [6, 6.07) is 0. The van der Waals surface area contributed by atoms with Crippen LogP contribution >= 0.6 is 0 Å². The lowest BCUT2D eigenvalue weighted by Crippen LogP contribution is -2.14. The van der Waals surface area contributed by atoms with Crippen LogP contribution in [0.3, 0.4) is 0 Å². The summed E-state index contributed by atoms with van der Waals surface area (Å²) < 4.78 is 8.61. The third-order valence-corrected chi connectivity index (χ3v) is 0.595. The Balaban J connectivity index is -0.0000000533. The van der Waals surface area contributed by atoms with Crippen molar-refractivity contribution in [3.63, 3.8) is 0 Å². The zero-order chi connectivity index (χ0) is 7.28. The first-order valence-electron chi connectivity index (χ1n) is 2.35. The molecule has 0 aromatic carbocycles. The van der Waals surface area contributed by atoms with E-state index in [1.54, 1.807) is 0 Å². The van der Waals surface area contributed by atoms with Crippen molar-refractivity contribution >= 4 is 11.8 Å². The van der Waals surface area contributed by atoms with E-state index in [-0.39, 0.29) is 36.5 Å². The van der Waals surface area contributed by atoms with Crippen molar-refractivity contribution in [2.24, 2.45) is 0 Å². The second-order valence-electron chi connectivity index (χ2n) is 1.39. The van der Waals surface area contributed by atoms with Gasteiger partial charge < -0.3 is 9.47 Å². The Kier molecular flexibility index (Phi) is 39.3. The van der Waals surface area contributed by atoms with Gasteiger partial charge in [0.05, 0.1) is 0 Å². The topological polar surface area (TPSA) is 52.6 Å². The van der Waals surface area contributed by atoms with Gasteiger partial charge in [-0.25, -0.2) is 4.79 Å². The van der Waals surface area contributed by atoms with Gasteiger partial charge in [-0.15, -0.1) is 0 Å². The highest BCUT2D eigenvalue weighted by Crippen LogP contribution is 1.79. The van der Waals surface area contributed by atoms with E-state index in [9.17, 15) is 9.59 Å². The SMILES string of the molecule is C.C.C.C.COCOC(=O)C(C)=O. The molecule has 4 heteroatoms. The molecule has 0 aliphatic rings. The van der Waals surface area contributed by atoms with E-state index in [0.717, 1.165) is 6.92 Å². The summed E-state index contributed by atoms with van der Waals surface area (Å²) in [5.74, 6) is -1.48. The van der Waals surface area contributed by atoms with Crippen molar-refractivity contribution in [3.8, 4) is 0 Å². The standard InChI is InChI=1S/C5H8O4.4CH4/c1-4(6)5(7)9-3-8-2;;;;/h3H2,1-2H3;4*1H4. The summed E-state index contributed by atoms with van der Waals surface area (Å²) in [7, 11) is 1.37. The fraction of sp³-hybridized carbons (Fsp3) is 0.778. The minimum atomic E-state index is -0.864. The van der Waals surface area contributed by atoms with E-state index in [4.69, 9.17) is 0 Å². The molecule has 84 valence electrons. The molecule has 0 aliphatic heterocycles. The molecule has 0 rings (SSSR count). The largest absolute Gasteiger partial charge is 0.433 e. The van der Waals surface area contributed by atoms with Crippen molar-refractivity contribution in [2.75, 3.05) is 13.9 Å². The zero-order valence-electron chi connectivity index (χ0n) is 5.34. The van der Waals surface area contributed by atoms with E-state index >= 15 is 0 Å². The Morgan fingerprint density at radius 1 is 1.08 bits per heavy atom. The average molecular weight is 196 g/mol. The normalized spacial score (nSPS) is 6.00. The maximum atomic E-state index is 10.2. The second kappa shape index (κ2) is 17.3. The molecule has 4 nitrogen and oxygen atoms in total. The highest BCUT2D eigenvalue weighted by molar-refractivity contribution is 6.32. The summed E-state index contributed by atoms with van der Waals surface area (Å²) in [5.41, 5.74) is 0. The Morgan fingerprint density at radius 3 is 1.69 bits per heavy atom. The minimum absolute atomic E-state index is 0.